The number of methoxy groups -OCH3 is 1. The molecule has 0 radical (unpaired) electrons. The summed E-state index contributed by atoms with van der Waals surface area (Å²) in [6.07, 6.45) is 6.11. The first-order valence-electron chi connectivity index (χ1n) is 6.84. The molecule has 3 nitrogen and oxygen atoms in total. The van der Waals surface area contributed by atoms with E-state index < -0.39 is 0 Å². The van der Waals surface area contributed by atoms with E-state index in [2.05, 4.69) is 13.8 Å². The van der Waals surface area contributed by atoms with Crippen LogP contribution in [0.1, 0.15) is 52.4 Å². The van der Waals surface area contributed by atoms with Gasteiger partial charge >= 0.3 is 0 Å². The topological polar surface area (TPSA) is 29.5 Å². The van der Waals surface area contributed by atoms with Gasteiger partial charge in [0.15, 0.2) is 0 Å². The fraction of sp³-hybridized carbons (Fsp3) is 0.929. The molecule has 0 spiro atoms. The largest absolute Gasteiger partial charge is 0.385 e. The van der Waals surface area contributed by atoms with Crippen LogP contribution in [-0.2, 0) is 9.53 Å². The summed E-state index contributed by atoms with van der Waals surface area (Å²) in [5.41, 5.74) is 0. The maximum absolute atomic E-state index is 11.8. The number of amides is 1. The predicted octanol–water partition coefficient (Wildman–Crippen LogP) is 3.09. The van der Waals surface area contributed by atoms with Gasteiger partial charge in [0, 0.05) is 33.7 Å². The molecule has 0 aromatic rings. The van der Waals surface area contributed by atoms with E-state index in [4.69, 9.17) is 4.74 Å². The highest BCUT2D eigenvalue weighted by atomic mass is 16.5. The van der Waals surface area contributed by atoms with Crippen molar-refractivity contribution in [2.75, 3.05) is 27.3 Å². The molecule has 1 unspecified atom stereocenters. The molecule has 0 N–H and O–H groups in total. The Hall–Kier alpha value is -0.570. The monoisotopic (exact) mass is 243 g/mol. The molecule has 3 heteroatoms. The zero-order valence-electron chi connectivity index (χ0n) is 12.0. The maximum atomic E-state index is 11.8. The second-order valence-corrected chi connectivity index (χ2v) is 4.92. The van der Waals surface area contributed by atoms with Gasteiger partial charge in [-0.2, -0.15) is 0 Å². The molecule has 0 saturated heterocycles. The molecule has 0 bridgehead atoms. The van der Waals surface area contributed by atoms with Crippen LogP contribution in [0, 0.1) is 5.92 Å². The van der Waals surface area contributed by atoms with Crippen molar-refractivity contribution >= 4 is 5.91 Å². The van der Waals surface area contributed by atoms with Crippen molar-refractivity contribution in [1.82, 2.24) is 4.90 Å². The molecule has 1 atom stereocenters. The van der Waals surface area contributed by atoms with E-state index in [1.165, 1.54) is 6.42 Å². The summed E-state index contributed by atoms with van der Waals surface area (Å²) in [5.74, 6) is 0.998. The average molecular weight is 243 g/mol. The molecular weight excluding hydrogens is 214 g/mol. The third kappa shape index (κ3) is 9.16. The Kier molecular flexibility index (Phi) is 10.2. The van der Waals surface area contributed by atoms with E-state index >= 15 is 0 Å². The number of carbonyl (C=O) groups is 1. The lowest BCUT2D eigenvalue weighted by Gasteiger charge is -2.19. The Morgan fingerprint density at radius 2 is 2.00 bits per heavy atom. The van der Waals surface area contributed by atoms with Crippen molar-refractivity contribution in [1.29, 1.82) is 0 Å². The Morgan fingerprint density at radius 1 is 1.29 bits per heavy atom. The highest BCUT2D eigenvalue weighted by Gasteiger charge is 2.09. The van der Waals surface area contributed by atoms with Gasteiger partial charge < -0.3 is 9.64 Å². The Bertz CT molecular complexity index is 195. The highest BCUT2D eigenvalue weighted by Crippen LogP contribution is 2.08. The lowest BCUT2D eigenvalue weighted by molar-refractivity contribution is -0.130. The molecule has 0 aromatic heterocycles. The van der Waals surface area contributed by atoms with Crippen molar-refractivity contribution in [3.63, 3.8) is 0 Å². The minimum atomic E-state index is 0.283. The summed E-state index contributed by atoms with van der Waals surface area (Å²) in [6, 6.07) is 0. The number of unbranched alkanes of at least 4 members (excludes halogenated alkanes) is 2. The smallest absolute Gasteiger partial charge is 0.222 e. The fourth-order valence-electron chi connectivity index (χ4n) is 1.63. The average Bonchev–Trinajstić information content (AvgIpc) is 2.34. The van der Waals surface area contributed by atoms with Crippen LogP contribution >= 0.6 is 0 Å². The van der Waals surface area contributed by atoms with E-state index in [0.29, 0.717) is 12.3 Å². The Balaban J connectivity index is 3.53. The Morgan fingerprint density at radius 3 is 2.59 bits per heavy atom. The summed E-state index contributed by atoms with van der Waals surface area (Å²) in [7, 11) is 3.63. The van der Waals surface area contributed by atoms with Crippen molar-refractivity contribution in [3.8, 4) is 0 Å². The summed E-state index contributed by atoms with van der Waals surface area (Å²) >= 11 is 0. The second kappa shape index (κ2) is 10.6. The van der Waals surface area contributed by atoms with Crippen LogP contribution in [0.25, 0.3) is 0 Å². The summed E-state index contributed by atoms with van der Waals surface area (Å²) < 4.78 is 4.98. The van der Waals surface area contributed by atoms with E-state index in [0.717, 1.165) is 38.8 Å². The molecule has 0 aliphatic carbocycles. The molecule has 0 saturated carbocycles. The minimum Gasteiger partial charge on any atom is -0.385 e. The van der Waals surface area contributed by atoms with Crippen LogP contribution in [-0.4, -0.2) is 38.1 Å². The van der Waals surface area contributed by atoms with Crippen molar-refractivity contribution in [2.45, 2.75) is 52.4 Å². The first kappa shape index (κ1) is 16.4. The third-order valence-electron chi connectivity index (χ3n) is 3.32. The zero-order chi connectivity index (χ0) is 13.1. The van der Waals surface area contributed by atoms with E-state index in [-0.39, 0.29) is 5.91 Å². The van der Waals surface area contributed by atoms with Crippen LogP contribution in [0.4, 0.5) is 0 Å². The zero-order valence-corrected chi connectivity index (χ0v) is 12.0. The molecule has 0 aromatic carbocycles. The van der Waals surface area contributed by atoms with Crippen molar-refractivity contribution in [2.24, 2.45) is 5.92 Å². The molecule has 0 aliphatic rings. The molecule has 0 fully saturated rings. The van der Waals surface area contributed by atoms with Crippen LogP contribution in [0.15, 0.2) is 0 Å². The standard InChI is InChI=1S/C14H29NO2/c1-5-13(2)10-11-15(3)14(16)9-7-6-8-12-17-4/h13H,5-12H2,1-4H3. The number of ether oxygens (including phenoxy) is 1. The number of nitrogens with zero attached hydrogens (tertiary/aromatic N) is 1. The first-order valence-corrected chi connectivity index (χ1v) is 6.84. The lowest BCUT2D eigenvalue weighted by atomic mass is 10.1. The SMILES string of the molecule is CCC(C)CCN(C)C(=O)CCCCCOC. The molecule has 102 valence electrons. The summed E-state index contributed by atoms with van der Waals surface area (Å²) in [5, 5.41) is 0. The van der Waals surface area contributed by atoms with Crippen molar-refractivity contribution in [3.05, 3.63) is 0 Å². The van der Waals surface area contributed by atoms with Gasteiger partial charge in [0.1, 0.15) is 0 Å². The van der Waals surface area contributed by atoms with Gasteiger partial charge in [-0.05, 0) is 25.2 Å². The molecule has 0 rings (SSSR count). The third-order valence-corrected chi connectivity index (χ3v) is 3.32. The number of carbonyl (C=O) groups excluding carboxylic acids is 1. The van der Waals surface area contributed by atoms with Gasteiger partial charge in [0.25, 0.3) is 0 Å². The Labute approximate surface area is 107 Å². The van der Waals surface area contributed by atoms with Crippen molar-refractivity contribution < 1.29 is 9.53 Å². The normalized spacial score (nSPS) is 12.5. The molecule has 0 aliphatic heterocycles. The van der Waals surface area contributed by atoms with Gasteiger partial charge in [-0.25, -0.2) is 0 Å². The number of hydrogen-bond acceptors (Lipinski definition) is 2. The number of rotatable bonds is 10. The van der Waals surface area contributed by atoms with Crippen LogP contribution < -0.4 is 0 Å². The van der Waals surface area contributed by atoms with Gasteiger partial charge in [-0.15, -0.1) is 0 Å². The van der Waals surface area contributed by atoms with E-state index in [1.54, 1.807) is 7.11 Å². The fourth-order valence-corrected chi connectivity index (χ4v) is 1.63. The lowest BCUT2D eigenvalue weighted by Crippen LogP contribution is -2.28. The van der Waals surface area contributed by atoms with Gasteiger partial charge in [-0.1, -0.05) is 26.7 Å². The maximum Gasteiger partial charge on any atom is 0.222 e. The first-order chi connectivity index (χ1) is 8.11. The summed E-state index contributed by atoms with van der Waals surface area (Å²) in [4.78, 5) is 13.6. The quantitative estimate of drug-likeness (QED) is 0.552. The number of hydrogen-bond donors (Lipinski definition) is 0. The highest BCUT2D eigenvalue weighted by molar-refractivity contribution is 5.75. The molecule has 1 amide bonds. The van der Waals surface area contributed by atoms with Crippen LogP contribution in [0.5, 0.6) is 0 Å². The molecular formula is C14H29NO2. The summed E-state index contributed by atoms with van der Waals surface area (Å²) in [6.45, 7) is 6.13. The molecule has 17 heavy (non-hydrogen) atoms. The minimum absolute atomic E-state index is 0.283. The van der Waals surface area contributed by atoms with Crippen LogP contribution in [0.2, 0.25) is 0 Å². The van der Waals surface area contributed by atoms with E-state index in [9.17, 15) is 4.79 Å². The van der Waals surface area contributed by atoms with Gasteiger partial charge in [0.05, 0.1) is 0 Å². The predicted molar refractivity (Wildman–Crippen MR) is 72.1 cm³/mol. The van der Waals surface area contributed by atoms with Gasteiger partial charge in [0.2, 0.25) is 5.91 Å². The van der Waals surface area contributed by atoms with E-state index in [1.807, 2.05) is 11.9 Å². The van der Waals surface area contributed by atoms with Crippen LogP contribution in [0.3, 0.4) is 0 Å². The molecule has 0 heterocycles. The van der Waals surface area contributed by atoms with Gasteiger partial charge in [-0.3, -0.25) is 4.79 Å². The second-order valence-electron chi connectivity index (χ2n) is 4.92.